The summed E-state index contributed by atoms with van der Waals surface area (Å²) in [5.41, 5.74) is 16.1. The first-order valence-electron chi connectivity index (χ1n) is 16.8. The van der Waals surface area contributed by atoms with Crippen molar-refractivity contribution in [1.82, 2.24) is 15.0 Å². The molecule has 0 amide bonds. The van der Waals surface area contributed by atoms with Gasteiger partial charge in [-0.2, -0.15) is 4.80 Å². The van der Waals surface area contributed by atoms with Crippen molar-refractivity contribution in [1.29, 1.82) is 0 Å². The average molecular weight is 631 g/mol. The molecule has 1 aromatic heterocycles. The Balaban J connectivity index is 1.08. The SMILES string of the molecule is CC1(C)c2ccccc2-c2ccc(N(c3ccc(-c4ccccc4)cc3)c3ccc(-c4ccc(-n5nc6ccccc6n5)cc4)cc3)cc21. The van der Waals surface area contributed by atoms with Crippen molar-refractivity contribution in [3.63, 3.8) is 0 Å². The van der Waals surface area contributed by atoms with Crippen LogP contribution in [0.2, 0.25) is 0 Å². The largest absolute Gasteiger partial charge is 0.310 e. The number of hydrogen-bond donors (Lipinski definition) is 0. The summed E-state index contributed by atoms with van der Waals surface area (Å²) < 4.78 is 0. The lowest BCUT2D eigenvalue weighted by Crippen LogP contribution is -2.16. The van der Waals surface area contributed by atoms with E-state index in [1.807, 2.05) is 24.3 Å². The topological polar surface area (TPSA) is 34.0 Å². The lowest BCUT2D eigenvalue weighted by Gasteiger charge is -2.28. The second-order valence-electron chi connectivity index (χ2n) is 13.2. The summed E-state index contributed by atoms with van der Waals surface area (Å²) in [6, 6.07) is 60.5. The van der Waals surface area contributed by atoms with Gasteiger partial charge in [0.05, 0.1) is 5.69 Å². The van der Waals surface area contributed by atoms with E-state index in [1.165, 1.54) is 33.4 Å². The van der Waals surface area contributed by atoms with Gasteiger partial charge < -0.3 is 4.90 Å². The fourth-order valence-corrected chi connectivity index (χ4v) is 7.28. The second kappa shape index (κ2) is 11.5. The van der Waals surface area contributed by atoms with E-state index in [0.29, 0.717) is 0 Å². The molecule has 4 nitrogen and oxygen atoms in total. The van der Waals surface area contributed by atoms with Gasteiger partial charge in [-0.15, -0.1) is 10.2 Å². The van der Waals surface area contributed by atoms with Crippen molar-refractivity contribution in [2.45, 2.75) is 19.3 Å². The maximum atomic E-state index is 4.64. The third-order valence-electron chi connectivity index (χ3n) is 9.90. The van der Waals surface area contributed by atoms with E-state index in [2.05, 4.69) is 175 Å². The summed E-state index contributed by atoms with van der Waals surface area (Å²) in [4.78, 5) is 4.07. The third kappa shape index (κ3) is 5.01. The second-order valence-corrected chi connectivity index (χ2v) is 13.2. The lowest BCUT2D eigenvalue weighted by molar-refractivity contribution is 0.660. The predicted molar refractivity (Wildman–Crippen MR) is 202 cm³/mol. The van der Waals surface area contributed by atoms with Gasteiger partial charge in [0.15, 0.2) is 0 Å². The molecule has 4 heteroatoms. The van der Waals surface area contributed by atoms with Gasteiger partial charge >= 0.3 is 0 Å². The van der Waals surface area contributed by atoms with E-state index in [9.17, 15) is 0 Å². The highest BCUT2D eigenvalue weighted by Gasteiger charge is 2.35. The van der Waals surface area contributed by atoms with E-state index < -0.39 is 0 Å². The van der Waals surface area contributed by atoms with Crippen molar-refractivity contribution in [3.8, 4) is 39.1 Å². The Kier molecular flexibility index (Phi) is 6.77. The molecule has 0 spiro atoms. The molecule has 9 rings (SSSR count). The molecule has 1 aliphatic carbocycles. The van der Waals surface area contributed by atoms with Crippen LogP contribution in [0.15, 0.2) is 170 Å². The number of rotatable bonds is 6. The number of benzene rings is 7. The Bertz CT molecular complexity index is 2410. The van der Waals surface area contributed by atoms with Crippen LogP contribution in [-0.2, 0) is 5.41 Å². The first kappa shape index (κ1) is 28.9. The lowest BCUT2D eigenvalue weighted by atomic mass is 9.82. The number of anilines is 3. The molecule has 234 valence electrons. The molecule has 1 aliphatic rings. The van der Waals surface area contributed by atoms with Gasteiger partial charge in [0, 0.05) is 22.5 Å². The fourth-order valence-electron chi connectivity index (χ4n) is 7.28. The Morgan fingerprint density at radius 2 is 0.898 bits per heavy atom. The molecule has 49 heavy (non-hydrogen) atoms. The zero-order chi connectivity index (χ0) is 33.0. The van der Waals surface area contributed by atoms with Gasteiger partial charge in [-0.25, -0.2) is 0 Å². The van der Waals surface area contributed by atoms with E-state index >= 15 is 0 Å². The summed E-state index contributed by atoms with van der Waals surface area (Å²) in [7, 11) is 0. The normalized spacial score (nSPS) is 12.9. The Hall–Kier alpha value is -6.26. The monoisotopic (exact) mass is 630 g/mol. The summed E-state index contributed by atoms with van der Waals surface area (Å²) in [5.74, 6) is 0. The maximum absolute atomic E-state index is 4.64. The standard InChI is InChI=1S/C45H34N4/c1-45(2)41-13-7-6-12-39(41)40-29-28-38(30-42(40)45)48(35-22-16-32(17-23-35)31-10-4-3-5-11-31)36-24-18-33(19-25-36)34-20-26-37(27-21-34)49-46-43-14-8-9-15-44(43)47-49/h3-30H,1-2H3. The zero-order valence-electron chi connectivity index (χ0n) is 27.5. The molecule has 0 bridgehead atoms. The van der Waals surface area contributed by atoms with E-state index in [0.717, 1.165) is 44.9 Å². The Morgan fingerprint density at radius 1 is 0.429 bits per heavy atom. The van der Waals surface area contributed by atoms with Crippen LogP contribution in [0.1, 0.15) is 25.0 Å². The van der Waals surface area contributed by atoms with Gasteiger partial charge in [0.2, 0.25) is 0 Å². The minimum atomic E-state index is -0.0841. The molecule has 0 unspecified atom stereocenters. The van der Waals surface area contributed by atoms with Crippen molar-refractivity contribution >= 4 is 28.1 Å². The van der Waals surface area contributed by atoms with Crippen LogP contribution in [-0.4, -0.2) is 15.0 Å². The first-order chi connectivity index (χ1) is 24.0. The van der Waals surface area contributed by atoms with E-state index in [-0.39, 0.29) is 5.41 Å². The van der Waals surface area contributed by atoms with Gasteiger partial charge in [-0.3, -0.25) is 0 Å². The molecule has 0 atom stereocenters. The molecular weight excluding hydrogens is 597 g/mol. The van der Waals surface area contributed by atoms with Crippen molar-refractivity contribution in [2.75, 3.05) is 4.90 Å². The zero-order valence-corrected chi connectivity index (χ0v) is 27.5. The maximum Gasteiger partial charge on any atom is 0.113 e. The number of nitrogens with zero attached hydrogens (tertiary/aromatic N) is 4. The quantitative estimate of drug-likeness (QED) is 0.183. The summed E-state index contributed by atoms with van der Waals surface area (Å²) in [5, 5.41) is 9.28. The minimum absolute atomic E-state index is 0.0841. The molecule has 8 aromatic rings. The molecule has 0 fully saturated rings. The molecule has 1 heterocycles. The van der Waals surface area contributed by atoms with Gasteiger partial charge in [0.1, 0.15) is 11.0 Å². The molecule has 0 radical (unpaired) electrons. The minimum Gasteiger partial charge on any atom is -0.310 e. The average Bonchev–Trinajstić information content (AvgIpc) is 3.69. The highest BCUT2D eigenvalue weighted by molar-refractivity contribution is 5.86. The predicted octanol–water partition coefficient (Wildman–Crippen LogP) is 11.5. The van der Waals surface area contributed by atoms with Crippen LogP contribution in [0.25, 0.3) is 50.1 Å². The van der Waals surface area contributed by atoms with Crippen molar-refractivity contribution in [2.24, 2.45) is 0 Å². The van der Waals surface area contributed by atoms with Crippen molar-refractivity contribution < 1.29 is 0 Å². The molecule has 0 saturated carbocycles. The Labute approximate surface area is 286 Å². The van der Waals surface area contributed by atoms with Crippen LogP contribution >= 0.6 is 0 Å². The molecule has 7 aromatic carbocycles. The van der Waals surface area contributed by atoms with Crippen molar-refractivity contribution in [3.05, 3.63) is 181 Å². The summed E-state index contributed by atoms with van der Waals surface area (Å²) in [6.45, 7) is 4.68. The highest BCUT2D eigenvalue weighted by Crippen LogP contribution is 2.50. The third-order valence-corrected chi connectivity index (χ3v) is 9.90. The molecule has 0 aliphatic heterocycles. The molecule has 0 saturated heterocycles. The van der Waals surface area contributed by atoms with Crippen LogP contribution in [0.5, 0.6) is 0 Å². The van der Waals surface area contributed by atoms with Gasteiger partial charge in [-0.05, 0) is 105 Å². The molecular formula is C45H34N4. The fraction of sp³-hybridized carbons (Fsp3) is 0.0667. The number of fused-ring (bicyclic) bond motifs is 4. The van der Waals surface area contributed by atoms with Crippen LogP contribution in [0.4, 0.5) is 17.1 Å². The van der Waals surface area contributed by atoms with Crippen LogP contribution in [0.3, 0.4) is 0 Å². The summed E-state index contributed by atoms with van der Waals surface area (Å²) in [6.07, 6.45) is 0. The summed E-state index contributed by atoms with van der Waals surface area (Å²) >= 11 is 0. The van der Waals surface area contributed by atoms with Crippen LogP contribution in [0, 0.1) is 0 Å². The van der Waals surface area contributed by atoms with E-state index in [1.54, 1.807) is 4.80 Å². The first-order valence-corrected chi connectivity index (χ1v) is 16.8. The Morgan fingerprint density at radius 3 is 1.51 bits per heavy atom. The number of aromatic nitrogens is 3. The number of hydrogen-bond acceptors (Lipinski definition) is 3. The van der Waals surface area contributed by atoms with Gasteiger partial charge in [0.25, 0.3) is 0 Å². The smallest absolute Gasteiger partial charge is 0.113 e. The van der Waals surface area contributed by atoms with E-state index in [4.69, 9.17) is 0 Å². The van der Waals surface area contributed by atoms with Crippen LogP contribution < -0.4 is 4.90 Å². The van der Waals surface area contributed by atoms with Gasteiger partial charge in [-0.1, -0.05) is 123 Å². The molecule has 0 N–H and O–H groups in total. The highest BCUT2D eigenvalue weighted by atomic mass is 15.5.